The Morgan fingerprint density at radius 3 is 2.75 bits per heavy atom. The maximum atomic E-state index is 12.0. The van der Waals surface area contributed by atoms with E-state index in [9.17, 15) is 9.59 Å². The third-order valence-electron chi connectivity index (χ3n) is 2.89. The molecule has 1 aromatic carbocycles. The number of furan rings is 1. The summed E-state index contributed by atoms with van der Waals surface area (Å²) in [6.07, 6.45) is 0. The van der Waals surface area contributed by atoms with Gasteiger partial charge in [0.05, 0.1) is 6.61 Å². The molecule has 7 heteroatoms. The molecule has 3 N–H and O–H groups in total. The normalized spacial score (nSPS) is 12.3. The number of carbonyl (C=O) groups is 2. The van der Waals surface area contributed by atoms with Crippen LogP contribution in [0.2, 0.25) is 5.02 Å². The number of carbonyl (C=O) groups excluding carboxylic acids is 1. The standard InChI is InChI=1S/C13H12ClNO5/c1-6-8-4-7(14)2-3-10(8)20-11(6)12(17)15-9(5-16)13(18)19/h2-4,9,16H,5H2,1H3,(H,15,17)(H,18,19)/t9-/m0/s1. The first kappa shape index (κ1) is 14.4. The van der Waals surface area contributed by atoms with E-state index >= 15 is 0 Å². The first-order chi connectivity index (χ1) is 9.43. The van der Waals surface area contributed by atoms with Crippen LogP contribution >= 0.6 is 11.6 Å². The Labute approximate surface area is 118 Å². The molecule has 1 aromatic heterocycles. The number of amides is 1. The summed E-state index contributed by atoms with van der Waals surface area (Å²) < 4.78 is 5.40. The largest absolute Gasteiger partial charge is 0.480 e. The molecule has 0 radical (unpaired) electrons. The fraction of sp³-hybridized carbons (Fsp3) is 0.231. The van der Waals surface area contributed by atoms with Gasteiger partial charge in [-0.1, -0.05) is 11.6 Å². The number of rotatable bonds is 4. The second-order valence-electron chi connectivity index (χ2n) is 4.24. The van der Waals surface area contributed by atoms with E-state index in [2.05, 4.69) is 5.32 Å². The highest BCUT2D eigenvalue weighted by Gasteiger charge is 2.24. The molecule has 0 aliphatic heterocycles. The first-order valence-corrected chi connectivity index (χ1v) is 6.15. The molecular formula is C13H12ClNO5. The van der Waals surface area contributed by atoms with Crippen LogP contribution in [0.3, 0.4) is 0 Å². The number of nitrogens with one attached hydrogen (secondary N) is 1. The Kier molecular flexibility index (Phi) is 3.96. The minimum absolute atomic E-state index is 0.00182. The van der Waals surface area contributed by atoms with Gasteiger partial charge in [0.2, 0.25) is 0 Å². The SMILES string of the molecule is Cc1c(C(=O)N[C@@H](CO)C(=O)O)oc2ccc(Cl)cc12. The maximum absolute atomic E-state index is 12.0. The van der Waals surface area contributed by atoms with Crippen LogP contribution in [0.4, 0.5) is 0 Å². The summed E-state index contributed by atoms with van der Waals surface area (Å²) >= 11 is 5.87. The van der Waals surface area contributed by atoms with Gasteiger partial charge in [0.15, 0.2) is 11.8 Å². The lowest BCUT2D eigenvalue weighted by Gasteiger charge is -2.10. The molecule has 0 saturated carbocycles. The van der Waals surface area contributed by atoms with E-state index in [-0.39, 0.29) is 5.76 Å². The Morgan fingerprint density at radius 2 is 2.15 bits per heavy atom. The van der Waals surface area contributed by atoms with E-state index in [1.165, 1.54) is 0 Å². The van der Waals surface area contributed by atoms with Gasteiger partial charge in [-0.2, -0.15) is 0 Å². The minimum Gasteiger partial charge on any atom is -0.480 e. The monoisotopic (exact) mass is 297 g/mol. The molecule has 1 heterocycles. The van der Waals surface area contributed by atoms with Gasteiger partial charge in [-0.25, -0.2) is 4.79 Å². The number of benzene rings is 1. The molecule has 20 heavy (non-hydrogen) atoms. The molecule has 1 amide bonds. The van der Waals surface area contributed by atoms with Crippen molar-refractivity contribution in [3.63, 3.8) is 0 Å². The van der Waals surface area contributed by atoms with E-state index in [0.717, 1.165) is 0 Å². The number of aliphatic hydroxyl groups excluding tert-OH is 1. The molecule has 0 bridgehead atoms. The highest BCUT2D eigenvalue weighted by Crippen LogP contribution is 2.27. The van der Waals surface area contributed by atoms with Crippen LogP contribution in [0.1, 0.15) is 16.1 Å². The molecule has 0 saturated heterocycles. The Bertz CT molecular complexity index is 679. The highest BCUT2D eigenvalue weighted by molar-refractivity contribution is 6.31. The van der Waals surface area contributed by atoms with Crippen molar-refractivity contribution in [3.8, 4) is 0 Å². The molecular weight excluding hydrogens is 286 g/mol. The third kappa shape index (κ3) is 2.61. The summed E-state index contributed by atoms with van der Waals surface area (Å²) in [5.74, 6) is -2.02. The summed E-state index contributed by atoms with van der Waals surface area (Å²) in [6.45, 7) is 0.970. The summed E-state index contributed by atoms with van der Waals surface area (Å²) in [7, 11) is 0. The Morgan fingerprint density at radius 1 is 1.45 bits per heavy atom. The van der Waals surface area contributed by atoms with Crippen molar-refractivity contribution < 1.29 is 24.2 Å². The smallest absolute Gasteiger partial charge is 0.328 e. The average molecular weight is 298 g/mol. The molecule has 2 rings (SSSR count). The van der Waals surface area contributed by atoms with Crippen LogP contribution in [-0.4, -0.2) is 34.7 Å². The number of hydrogen-bond donors (Lipinski definition) is 3. The number of aliphatic carboxylic acids is 1. The number of hydrogen-bond acceptors (Lipinski definition) is 4. The van der Waals surface area contributed by atoms with Crippen molar-refractivity contribution in [1.29, 1.82) is 0 Å². The predicted molar refractivity (Wildman–Crippen MR) is 71.9 cm³/mol. The molecule has 0 aliphatic carbocycles. The number of aryl methyl sites for hydroxylation is 1. The van der Waals surface area contributed by atoms with Crippen molar-refractivity contribution >= 4 is 34.4 Å². The van der Waals surface area contributed by atoms with Crippen LogP contribution in [0.5, 0.6) is 0 Å². The lowest BCUT2D eigenvalue weighted by molar-refractivity contribution is -0.140. The fourth-order valence-electron chi connectivity index (χ4n) is 1.82. The van der Waals surface area contributed by atoms with Crippen LogP contribution in [0.25, 0.3) is 11.0 Å². The van der Waals surface area contributed by atoms with Gasteiger partial charge in [0, 0.05) is 16.0 Å². The quantitative estimate of drug-likeness (QED) is 0.795. The molecule has 106 valence electrons. The summed E-state index contributed by atoms with van der Waals surface area (Å²) in [6, 6.07) is 3.54. The molecule has 6 nitrogen and oxygen atoms in total. The van der Waals surface area contributed by atoms with E-state index in [0.29, 0.717) is 21.6 Å². The topological polar surface area (TPSA) is 99.8 Å². The van der Waals surface area contributed by atoms with Gasteiger partial charge in [-0.05, 0) is 25.1 Å². The number of carboxylic acid groups (broad SMARTS) is 1. The first-order valence-electron chi connectivity index (χ1n) is 5.77. The number of carboxylic acids is 1. The van der Waals surface area contributed by atoms with Gasteiger partial charge >= 0.3 is 5.97 Å². The van der Waals surface area contributed by atoms with Gasteiger partial charge < -0.3 is 19.9 Å². The van der Waals surface area contributed by atoms with Gasteiger partial charge in [-0.3, -0.25) is 4.79 Å². The van der Waals surface area contributed by atoms with Crippen LogP contribution in [-0.2, 0) is 4.79 Å². The zero-order chi connectivity index (χ0) is 14.9. The van der Waals surface area contributed by atoms with Crippen molar-refractivity contribution in [2.75, 3.05) is 6.61 Å². The minimum atomic E-state index is -1.38. The van der Waals surface area contributed by atoms with Gasteiger partial charge in [0.1, 0.15) is 5.58 Å². The zero-order valence-electron chi connectivity index (χ0n) is 10.5. The van der Waals surface area contributed by atoms with Crippen LogP contribution in [0, 0.1) is 6.92 Å². The predicted octanol–water partition coefficient (Wildman–Crippen LogP) is 1.57. The van der Waals surface area contributed by atoms with E-state index < -0.39 is 24.5 Å². The Hall–Kier alpha value is -2.05. The number of aliphatic hydroxyl groups is 1. The second kappa shape index (κ2) is 5.52. The maximum Gasteiger partial charge on any atom is 0.328 e. The van der Waals surface area contributed by atoms with Crippen molar-refractivity contribution in [2.45, 2.75) is 13.0 Å². The average Bonchev–Trinajstić information content (AvgIpc) is 2.73. The molecule has 0 fully saturated rings. The van der Waals surface area contributed by atoms with Crippen LogP contribution < -0.4 is 5.32 Å². The third-order valence-corrected chi connectivity index (χ3v) is 3.13. The Balaban J connectivity index is 2.35. The second-order valence-corrected chi connectivity index (χ2v) is 4.68. The van der Waals surface area contributed by atoms with Gasteiger partial charge in [-0.15, -0.1) is 0 Å². The number of fused-ring (bicyclic) bond motifs is 1. The van der Waals surface area contributed by atoms with E-state index in [1.54, 1.807) is 25.1 Å². The summed E-state index contributed by atoms with van der Waals surface area (Å²) in [4.78, 5) is 22.8. The molecule has 0 aliphatic rings. The molecule has 0 unspecified atom stereocenters. The van der Waals surface area contributed by atoms with Crippen molar-refractivity contribution in [1.82, 2.24) is 5.32 Å². The van der Waals surface area contributed by atoms with E-state index in [1.807, 2.05) is 0 Å². The summed E-state index contributed by atoms with van der Waals surface area (Å²) in [5.41, 5.74) is 1.04. The van der Waals surface area contributed by atoms with Crippen molar-refractivity contribution in [3.05, 3.63) is 34.5 Å². The van der Waals surface area contributed by atoms with Gasteiger partial charge in [0.25, 0.3) is 5.91 Å². The highest BCUT2D eigenvalue weighted by atomic mass is 35.5. The molecule has 1 atom stereocenters. The van der Waals surface area contributed by atoms with Crippen molar-refractivity contribution in [2.24, 2.45) is 0 Å². The van der Waals surface area contributed by atoms with E-state index in [4.69, 9.17) is 26.2 Å². The van der Waals surface area contributed by atoms with Crippen LogP contribution in [0.15, 0.2) is 22.6 Å². The fourth-order valence-corrected chi connectivity index (χ4v) is 1.99. The summed E-state index contributed by atoms with van der Waals surface area (Å²) in [5, 5.41) is 21.1. The number of halogens is 1. The molecule has 0 spiro atoms. The molecule has 2 aromatic rings. The lowest BCUT2D eigenvalue weighted by atomic mass is 10.1. The lowest BCUT2D eigenvalue weighted by Crippen LogP contribution is -2.43. The zero-order valence-corrected chi connectivity index (χ0v) is 11.3.